The predicted molar refractivity (Wildman–Crippen MR) is 77.8 cm³/mol. The van der Waals surface area contributed by atoms with Gasteiger partial charge in [-0.15, -0.1) is 0 Å². The molecule has 0 aromatic heterocycles. The first-order valence-corrected chi connectivity index (χ1v) is 7.25. The van der Waals surface area contributed by atoms with Crippen LogP contribution in [-0.4, -0.2) is 13.1 Å². The third-order valence-electron chi connectivity index (χ3n) is 5.12. The average molecular weight is 266 g/mol. The van der Waals surface area contributed by atoms with Crippen LogP contribution in [0, 0.1) is 17.3 Å². The Kier molecular flexibility index (Phi) is 2.17. The van der Waals surface area contributed by atoms with Crippen LogP contribution in [0.15, 0.2) is 58.2 Å². The summed E-state index contributed by atoms with van der Waals surface area (Å²) in [6.45, 7) is 4.33. The minimum Gasteiger partial charge on any atom is -0.468 e. The largest absolute Gasteiger partial charge is 0.468 e. The van der Waals surface area contributed by atoms with Gasteiger partial charge in [-0.2, -0.15) is 0 Å². The maximum atomic E-state index is 12.7. The highest BCUT2D eigenvalue weighted by atomic mass is 16.5. The number of hydrogen-bond acceptors (Lipinski definition) is 2. The first-order chi connectivity index (χ1) is 9.60. The zero-order chi connectivity index (χ0) is 14.1. The Labute approximate surface area is 119 Å². The molecule has 1 saturated carbocycles. The summed E-state index contributed by atoms with van der Waals surface area (Å²) in [4.78, 5) is 12.7. The van der Waals surface area contributed by atoms with Crippen LogP contribution >= 0.6 is 0 Å². The van der Waals surface area contributed by atoms with Gasteiger partial charge in [0.1, 0.15) is 5.41 Å². The van der Waals surface area contributed by atoms with E-state index in [9.17, 15) is 4.79 Å². The lowest BCUT2D eigenvalue weighted by Gasteiger charge is -2.36. The number of ether oxygens (including phenoxy) is 1. The van der Waals surface area contributed by atoms with E-state index in [2.05, 4.69) is 44.2 Å². The molecule has 0 aliphatic heterocycles. The number of allylic oxidation sites excluding steroid dienone is 7. The highest BCUT2D eigenvalue weighted by Crippen LogP contribution is 2.66. The highest BCUT2D eigenvalue weighted by molar-refractivity contribution is 5.95. The van der Waals surface area contributed by atoms with Gasteiger partial charge in [0, 0.05) is 5.92 Å². The van der Waals surface area contributed by atoms with Gasteiger partial charge < -0.3 is 4.74 Å². The maximum Gasteiger partial charge on any atom is 0.324 e. The van der Waals surface area contributed by atoms with Crippen molar-refractivity contribution in [3.8, 4) is 0 Å². The van der Waals surface area contributed by atoms with E-state index in [1.165, 1.54) is 35.0 Å². The van der Waals surface area contributed by atoms with Gasteiger partial charge >= 0.3 is 5.97 Å². The van der Waals surface area contributed by atoms with E-state index in [0.29, 0.717) is 11.8 Å². The van der Waals surface area contributed by atoms with Crippen LogP contribution in [0.25, 0.3) is 0 Å². The number of carbonyl (C=O) groups is 1. The number of carbonyl (C=O) groups excluding carboxylic acids is 1. The Morgan fingerprint density at radius 1 is 1.45 bits per heavy atom. The van der Waals surface area contributed by atoms with Gasteiger partial charge in [0.15, 0.2) is 0 Å². The van der Waals surface area contributed by atoms with Crippen LogP contribution in [0.3, 0.4) is 0 Å². The van der Waals surface area contributed by atoms with E-state index < -0.39 is 5.41 Å². The normalized spacial score (nSPS) is 32.4. The molecular weight excluding hydrogens is 248 g/mol. The molecule has 0 radical (unpaired) electrons. The van der Waals surface area contributed by atoms with Gasteiger partial charge in [-0.1, -0.05) is 44.2 Å². The monoisotopic (exact) mass is 266 g/mol. The molecule has 0 aromatic carbocycles. The van der Waals surface area contributed by atoms with Crippen LogP contribution in [0.5, 0.6) is 0 Å². The molecule has 0 saturated heterocycles. The molecule has 20 heavy (non-hydrogen) atoms. The lowest BCUT2D eigenvalue weighted by molar-refractivity contribution is -0.146. The summed E-state index contributed by atoms with van der Waals surface area (Å²) >= 11 is 0. The SMILES string of the molecule is COC(=O)C12C(C(C)C)=CC3CC1=C1C=CC=C1C=C32. The molecule has 2 atom stereocenters. The minimum atomic E-state index is -0.588. The molecule has 2 nitrogen and oxygen atoms in total. The van der Waals surface area contributed by atoms with Gasteiger partial charge in [-0.3, -0.25) is 4.79 Å². The molecule has 4 rings (SSSR count). The van der Waals surface area contributed by atoms with Gasteiger partial charge in [0.25, 0.3) is 0 Å². The lowest BCUT2D eigenvalue weighted by Crippen LogP contribution is -2.37. The van der Waals surface area contributed by atoms with E-state index in [-0.39, 0.29) is 5.97 Å². The van der Waals surface area contributed by atoms with Crippen molar-refractivity contribution in [3.05, 3.63) is 58.2 Å². The molecule has 4 bridgehead atoms. The fraction of sp³-hybridized carbons (Fsp3) is 0.389. The van der Waals surface area contributed by atoms with Gasteiger partial charge in [0.05, 0.1) is 7.11 Å². The Bertz CT molecular complexity index is 682. The van der Waals surface area contributed by atoms with Crippen molar-refractivity contribution in [3.63, 3.8) is 0 Å². The summed E-state index contributed by atoms with van der Waals surface area (Å²) < 4.78 is 5.22. The first-order valence-electron chi connectivity index (χ1n) is 7.25. The summed E-state index contributed by atoms with van der Waals surface area (Å²) in [5.74, 6) is 0.633. The van der Waals surface area contributed by atoms with Crippen molar-refractivity contribution >= 4 is 5.97 Å². The third-order valence-corrected chi connectivity index (χ3v) is 5.12. The van der Waals surface area contributed by atoms with Gasteiger partial charge in [0.2, 0.25) is 0 Å². The Morgan fingerprint density at radius 3 is 2.95 bits per heavy atom. The minimum absolute atomic E-state index is 0.106. The van der Waals surface area contributed by atoms with Crippen molar-refractivity contribution in [2.45, 2.75) is 20.3 Å². The first kappa shape index (κ1) is 12.0. The number of rotatable bonds is 2. The molecule has 1 fully saturated rings. The third kappa shape index (κ3) is 1.10. The molecule has 0 spiro atoms. The zero-order valence-electron chi connectivity index (χ0n) is 12.1. The molecule has 0 N–H and O–H groups in total. The number of esters is 1. The number of fused-ring (bicyclic) bond motifs is 1. The standard InChI is InChI=1S/C18H18O2/c1-10(2)14-8-12-9-16-13-6-4-5-11(13)7-15(12)18(14,16)17(19)20-3/h4-8,10,12H,9H2,1-3H3. The van der Waals surface area contributed by atoms with Crippen LogP contribution < -0.4 is 0 Å². The highest BCUT2D eigenvalue weighted by Gasteiger charge is 2.62. The van der Waals surface area contributed by atoms with Crippen molar-refractivity contribution in [2.24, 2.45) is 17.3 Å². The Hall–Kier alpha value is -1.83. The van der Waals surface area contributed by atoms with E-state index >= 15 is 0 Å². The Balaban J connectivity index is 2.03. The van der Waals surface area contributed by atoms with Crippen LogP contribution in [-0.2, 0) is 9.53 Å². The summed E-state index contributed by atoms with van der Waals surface area (Å²) in [6.07, 6.45) is 11.9. The van der Waals surface area contributed by atoms with Crippen LogP contribution in [0.2, 0.25) is 0 Å². The fourth-order valence-corrected chi connectivity index (χ4v) is 4.43. The van der Waals surface area contributed by atoms with E-state index in [1.54, 1.807) is 0 Å². The summed E-state index contributed by atoms with van der Waals surface area (Å²) in [5, 5.41) is 0. The summed E-state index contributed by atoms with van der Waals surface area (Å²) in [5.41, 5.74) is 5.64. The molecule has 4 aliphatic rings. The van der Waals surface area contributed by atoms with Crippen molar-refractivity contribution in [1.29, 1.82) is 0 Å². The van der Waals surface area contributed by atoms with E-state index in [0.717, 1.165) is 6.42 Å². The molecule has 102 valence electrons. The van der Waals surface area contributed by atoms with Crippen molar-refractivity contribution in [2.75, 3.05) is 7.11 Å². The Morgan fingerprint density at radius 2 is 2.25 bits per heavy atom. The van der Waals surface area contributed by atoms with E-state index in [4.69, 9.17) is 4.74 Å². The predicted octanol–water partition coefficient (Wildman–Crippen LogP) is 3.49. The molecule has 0 aromatic rings. The van der Waals surface area contributed by atoms with Crippen LogP contribution in [0.4, 0.5) is 0 Å². The second-order valence-corrected chi connectivity index (χ2v) is 6.30. The van der Waals surface area contributed by atoms with E-state index in [1.807, 2.05) is 0 Å². The van der Waals surface area contributed by atoms with Crippen LogP contribution in [0.1, 0.15) is 20.3 Å². The fourth-order valence-electron chi connectivity index (χ4n) is 4.43. The molecule has 4 aliphatic carbocycles. The average Bonchev–Trinajstić information content (AvgIpc) is 3.08. The molecule has 0 amide bonds. The second-order valence-electron chi connectivity index (χ2n) is 6.30. The number of methoxy groups -OCH3 is 1. The lowest BCUT2D eigenvalue weighted by atomic mass is 9.66. The van der Waals surface area contributed by atoms with Gasteiger partial charge in [-0.25, -0.2) is 0 Å². The smallest absolute Gasteiger partial charge is 0.324 e. The second kappa shape index (κ2) is 3.63. The summed E-state index contributed by atoms with van der Waals surface area (Å²) in [7, 11) is 1.50. The molecule has 2 heteroatoms. The molecule has 0 heterocycles. The maximum absolute atomic E-state index is 12.7. The molecule has 2 unspecified atom stereocenters. The number of hydrogen-bond donors (Lipinski definition) is 0. The summed E-state index contributed by atoms with van der Waals surface area (Å²) in [6, 6.07) is 0. The topological polar surface area (TPSA) is 26.3 Å². The van der Waals surface area contributed by atoms with Crippen molar-refractivity contribution < 1.29 is 9.53 Å². The van der Waals surface area contributed by atoms with Gasteiger partial charge in [-0.05, 0) is 40.2 Å². The zero-order valence-corrected chi connectivity index (χ0v) is 12.1. The molecular formula is C18H18O2. The van der Waals surface area contributed by atoms with Crippen molar-refractivity contribution in [1.82, 2.24) is 0 Å². The quantitative estimate of drug-likeness (QED) is 0.565.